The number of esters is 1. The molecule has 2 unspecified atom stereocenters. The third-order valence-electron chi connectivity index (χ3n) is 7.32. The first-order valence-corrected chi connectivity index (χ1v) is 12.7. The summed E-state index contributed by atoms with van der Waals surface area (Å²) in [6, 6.07) is 22.3. The molecule has 0 radical (unpaired) electrons. The summed E-state index contributed by atoms with van der Waals surface area (Å²) in [7, 11) is 1.63. The fraction of sp³-hybridized carbons (Fsp3) is 0.250. The van der Waals surface area contributed by atoms with E-state index in [2.05, 4.69) is 5.32 Å². The molecule has 0 fully saturated rings. The first kappa shape index (κ1) is 25.3. The van der Waals surface area contributed by atoms with Crippen LogP contribution < -0.4 is 10.1 Å². The number of phenols is 1. The largest absolute Gasteiger partial charge is 0.508 e. The predicted octanol–water partition coefficient (Wildman–Crippen LogP) is 5.81. The normalized spacial score (nSPS) is 19.1. The zero-order chi connectivity index (χ0) is 26.8. The van der Waals surface area contributed by atoms with Gasteiger partial charge in [-0.05, 0) is 55.2 Å². The van der Waals surface area contributed by atoms with Crippen LogP contribution in [0.5, 0.6) is 11.5 Å². The quantitative estimate of drug-likeness (QED) is 0.408. The van der Waals surface area contributed by atoms with Gasteiger partial charge in [-0.3, -0.25) is 4.79 Å². The number of dihydropyridines is 1. The highest BCUT2D eigenvalue weighted by atomic mass is 16.5. The van der Waals surface area contributed by atoms with E-state index in [-0.39, 0.29) is 24.1 Å². The number of ketones is 1. The van der Waals surface area contributed by atoms with Crippen LogP contribution in [0.3, 0.4) is 0 Å². The van der Waals surface area contributed by atoms with Crippen molar-refractivity contribution in [2.45, 2.75) is 45.1 Å². The van der Waals surface area contributed by atoms with E-state index in [4.69, 9.17) is 9.47 Å². The van der Waals surface area contributed by atoms with Crippen molar-refractivity contribution in [2.24, 2.45) is 0 Å². The van der Waals surface area contributed by atoms with Crippen LogP contribution in [-0.4, -0.2) is 24.0 Å². The fourth-order valence-corrected chi connectivity index (χ4v) is 5.48. The number of aryl methyl sites for hydroxylation is 1. The Morgan fingerprint density at radius 1 is 1.00 bits per heavy atom. The molecule has 1 aliphatic carbocycles. The molecule has 5 rings (SSSR count). The Labute approximate surface area is 222 Å². The predicted molar refractivity (Wildman–Crippen MR) is 145 cm³/mol. The molecule has 0 saturated carbocycles. The summed E-state index contributed by atoms with van der Waals surface area (Å²) in [6.45, 7) is 3.96. The molecule has 0 bridgehead atoms. The van der Waals surface area contributed by atoms with E-state index in [0.717, 1.165) is 28.1 Å². The van der Waals surface area contributed by atoms with Crippen molar-refractivity contribution in [3.8, 4) is 11.5 Å². The van der Waals surface area contributed by atoms with Gasteiger partial charge in [0, 0.05) is 35.2 Å². The molecule has 1 aliphatic heterocycles. The number of carbonyl (C=O) groups excluding carboxylic acids is 2. The molecular weight excluding hydrogens is 478 g/mol. The number of methoxy groups -OCH3 is 1. The van der Waals surface area contributed by atoms with Gasteiger partial charge in [0.05, 0.1) is 12.7 Å². The number of Topliss-reactive ketones (excluding diaryl/α,β-unsaturated/α-hetero) is 1. The maximum atomic E-state index is 13.8. The number of nitrogens with one attached hydrogen (secondary N) is 1. The Kier molecular flexibility index (Phi) is 7.05. The lowest BCUT2D eigenvalue weighted by molar-refractivity contribution is -0.140. The first-order valence-electron chi connectivity index (χ1n) is 12.7. The molecule has 0 saturated heterocycles. The number of ether oxygens (including phenoxy) is 2. The molecule has 1 heterocycles. The van der Waals surface area contributed by atoms with E-state index < -0.39 is 11.9 Å². The smallest absolute Gasteiger partial charge is 0.337 e. The topological polar surface area (TPSA) is 84.9 Å². The van der Waals surface area contributed by atoms with Crippen LogP contribution in [0.4, 0.5) is 0 Å². The van der Waals surface area contributed by atoms with Crippen molar-refractivity contribution < 1.29 is 24.2 Å². The zero-order valence-electron chi connectivity index (χ0n) is 21.8. The highest BCUT2D eigenvalue weighted by Crippen LogP contribution is 2.47. The molecule has 2 aliphatic rings. The summed E-state index contributed by atoms with van der Waals surface area (Å²) < 4.78 is 11.3. The molecule has 38 heavy (non-hydrogen) atoms. The zero-order valence-corrected chi connectivity index (χ0v) is 21.8. The van der Waals surface area contributed by atoms with Crippen molar-refractivity contribution in [3.05, 3.63) is 118 Å². The Morgan fingerprint density at radius 3 is 2.50 bits per heavy atom. The van der Waals surface area contributed by atoms with E-state index in [1.165, 1.54) is 0 Å². The van der Waals surface area contributed by atoms with E-state index >= 15 is 0 Å². The summed E-state index contributed by atoms with van der Waals surface area (Å²) in [5.41, 5.74) is 6.02. The van der Waals surface area contributed by atoms with E-state index in [1.54, 1.807) is 25.3 Å². The average molecular weight is 510 g/mol. The number of allylic oxidation sites excluding steroid dienone is 3. The van der Waals surface area contributed by atoms with Gasteiger partial charge in [-0.2, -0.15) is 0 Å². The van der Waals surface area contributed by atoms with Gasteiger partial charge in [-0.25, -0.2) is 4.79 Å². The lowest BCUT2D eigenvalue weighted by Crippen LogP contribution is -2.36. The third-order valence-corrected chi connectivity index (χ3v) is 7.32. The molecule has 2 atom stereocenters. The second kappa shape index (κ2) is 10.6. The number of benzene rings is 3. The van der Waals surface area contributed by atoms with Crippen molar-refractivity contribution in [1.29, 1.82) is 0 Å². The van der Waals surface area contributed by atoms with E-state index in [0.29, 0.717) is 35.2 Å². The Morgan fingerprint density at radius 2 is 1.76 bits per heavy atom. The van der Waals surface area contributed by atoms with Gasteiger partial charge in [0.2, 0.25) is 0 Å². The van der Waals surface area contributed by atoms with Crippen LogP contribution in [0.1, 0.15) is 53.9 Å². The maximum absolute atomic E-state index is 13.8. The van der Waals surface area contributed by atoms with E-state index in [9.17, 15) is 14.7 Å². The SMILES string of the molecule is COc1ccccc1C1CC(=O)C2=C(C1)NC(C)=C(C(=O)OCc1ccc(C)cc1)C2c1cccc(O)c1. The number of rotatable bonds is 6. The molecule has 0 aromatic heterocycles. The minimum absolute atomic E-state index is 0.0423. The van der Waals surface area contributed by atoms with Gasteiger partial charge < -0.3 is 19.9 Å². The summed E-state index contributed by atoms with van der Waals surface area (Å²) >= 11 is 0. The minimum Gasteiger partial charge on any atom is -0.508 e. The highest BCUT2D eigenvalue weighted by molar-refractivity contribution is 6.04. The molecule has 2 N–H and O–H groups in total. The van der Waals surface area contributed by atoms with Crippen LogP contribution >= 0.6 is 0 Å². The lowest BCUT2D eigenvalue weighted by atomic mass is 9.71. The number of carbonyl (C=O) groups is 2. The first-order chi connectivity index (χ1) is 18.4. The van der Waals surface area contributed by atoms with Gasteiger partial charge in [0.15, 0.2) is 5.78 Å². The maximum Gasteiger partial charge on any atom is 0.337 e. The van der Waals surface area contributed by atoms with Crippen LogP contribution in [0.2, 0.25) is 0 Å². The van der Waals surface area contributed by atoms with Crippen molar-refractivity contribution >= 4 is 11.8 Å². The van der Waals surface area contributed by atoms with Gasteiger partial charge in [0.1, 0.15) is 18.1 Å². The van der Waals surface area contributed by atoms with Crippen LogP contribution in [0.15, 0.2) is 95.3 Å². The molecule has 0 spiro atoms. The summed E-state index contributed by atoms with van der Waals surface area (Å²) in [5, 5.41) is 13.6. The molecule has 3 aromatic carbocycles. The number of phenolic OH excluding ortho intramolecular Hbond substituents is 1. The summed E-state index contributed by atoms with van der Waals surface area (Å²) in [6.07, 6.45) is 0.890. The molecule has 6 nitrogen and oxygen atoms in total. The lowest BCUT2D eigenvalue weighted by Gasteiger charge is -2.37. The highest BCUT2D eigenvalue weighted by Gasteiger charge is 2.42. The average Bonchev–Trinajstić information content (AvgIpc) is 2.91. The number of hydrogen-bond acceptors (Lipinski definition) is 6. The van der Waals surface area contributed by atoms with Crippen molar-refractivity contribution in [3.63, 3.8) is 0 Å². The number of aromatic hydroxyl groups is 1. The van der Waals surface area contributed by atoms with Crippen molar-refractivity contribution in [1.82, 2.24) is 5.32 Å². The number of para-hydroxylation sites is 1. The Bertz CT molecular complexity index is 1450. The van der Waals surface area contributed by atoms with E-state index in [1.807, 2.05) is 68.4 Å². The minimum atomic E-state index is -0.644. The molecule has 3 aromatic rings. The third kappa shape index (κ3) is 4.94. The fourth-order valence-electron chi connectivity index (χ4n) is 5.48. The monoisotopic (exact) mass is 509 g/mol. The molecule has 194 valence electrons. The number of hydrogen-bond donors (Lipinski definition) is 2. The second-order valence-corrected chi connectivity index (χ2v) is 9.92. The second-order valence-electron chi connectivity index (χ2n) is 9.92. The van der Waals surface area contributed by atoms with Crippen molar-refractivity contribution in [2.75, 3.05) is 7.11 Å². The molecular formula is C32H31NO5. The van der Waals surface area contributed by atoms with Gasteiger partial charge in [0.25, 0.3) is 0 Å². The summed E-state index contributed by atoms with van der Waals surface area (Å²) in [5.74, 6) is -0.410. The molecule has 0 amide bonds. The standard InChI is InChI=1S/C32H31NO5/c1-19-11-13-21(14-12-19)18-38-32(36)29-20(2)33-26-16-23(25-9-4-5-10-28(25)37-3)17-27(35)31(26)30(29)22-7-6-8-24(34)15-22/h4-15,23,30,33-34H,16-18H2,1-3H3. The van der Waals surface area contributed by atoms with Gasteiger partial charge >= 0.3 is 5.97 Å². The van der Waals surface area contributed by atoms with Crippen LogP contribution in [0.25, 0.3) is 0 Å². The van der Waals surface area contributed by atoms with Gasteiger partial charge in [-0.1, -0.05) is 60.2 Å². The Balaban J connectivity index is 1.51. The molecule has 6 heteroatoms. The van der Waals surface area contributed by atoms with Crippen LogP contribution in [0, 0.1) is 6.92 Å². The van der Waals surface area contributed by atoms with Crippen LogP contribution in [-0.2, 0) is 20.9 Å². The van der Waals surface area contributed by atoms with Gasteiger partial charge in [-0.15, -0.1) is 0 Å². The Hall–Kier alpha value is -4.32. The summed E-state index contributed by atoms with van der Waals surface area (Å²) in [4.78, 5) is 27.3.